The maximum atomic E-state index is 11.9. The fraction of sp³-hybridized carbons (Fsp3) is 0.588. The molecule has 1 heterocycles. The average molecular weight is 261 g/mol. The SMILES string of the molecule is CCC.CCC(=O)N1Cc2ccccc2CC1CC. The smallest absolute Gasteiger partial charge is 0.222 e. The molecular weight excluding hydrogens is 234 g/mol. The summed E-state index contributed by atoms with van der Waals surface area (Å²) in [5.41, 5.74) is 2.73. The van der Waals surface area contributed by atoms with E-state index < -0.39 is 0 Å². The van der Waals surface area contributed by atoms with Crippen molar-refractivity contribution in [2.75, 3.05) is 0 Å². The molecule has 0 fully saturated rings. The van der Waals surface area contributed by atoms with Gasteiger partial charge in [-0.2, -0.15) is 0 Å². The molecule has 2 heteroatoms. The highest BCUT2D eigenvalue weighted by atomic mass is 16.2. The Kier molecular flexibility index (Phi) is 6.61. The first-order valence-electron chi connectivity index (χ1n) is 7.54. The van der Waals surface area contributed by atoms with Gasteiger partial charge in [-0.05, 0) is 24.0 Å². The van der Waals surface area contributed by atoms with Gasteiger partial charge >= 0.3 is 0 Å². The Hall–Kier alpha value is -1.31. The quantitative estimate of drug-likeness (QED) is 0.782. The summed E-state index contributed by atoms with van der Waals surface area (Å²) in [4.78, 5) is 13.9. The molecular formula is C17H27NO. The van der Waals surface area contributed by atoms with Crippen molar-refractivity contribution < 1.29 is 4.79 Å². The van der Waals surface area contributed by atoms with Gasteiger partial charge in [0.1, 0.15) is 0 Å². The Labute approximate surface area is 117 Å². The second-order valence-electron chi connectivity index (χ2n) is 5.12. The van der Waals surface area contributed by atoms with Gasteiger partial charge in [-0.3, -0.25) is 4.79 Å². The van der Waals surface area contributed by atoms with Gasteiger partial charge in [0, 0.05) is 19.0 Å². The van der Waals surface area contributed by atoms with Crippen molar-refractivity contribution in [3.05, 3.63) is 35.4 Å². The van der Waals surface area contributed by atoms with Crippen molar-refractivity contribution in [1.82, 2.24) is 4.90 Å². The summed E-state index contributed by atoms with van der Waals surface area (Å²) < 4.78 is 0. The zero-order valence-corrected chi connectivity index (χ0v) is 12.8. The van der Waals surface area contributed by atoms with Crippen LogP contribution in [0.3, 0.4) is 0 Å². The van der Waals surface area contributed by atoms with Crippen molar-refractivity contribution >= 4 is 5.91 Å². The van der Waals surface area contributed by atoms with Gasteiger partial charge in [0.15, 0.2) is 0 Å². The molecule has 1 aromatic carbocycles. The molecule has 19 heavy (non-hydrogen) atoms. The molecule has 0 bridgehead atoms. The number of amides is 1. The lowest BCUT2D eigenvalue weighted by Gasteiger charge is -2.36. The summed E-state index contributed by atoms with van der Waals surface area (Å²) in [6, 6.07) is 8.85. The summed E-state index contributed by atoms with van der Waals surface area (Å²) >= 11 is 0. The molecule has 106 valence electrons. The maximum Gasteiger partial charge on any atom is 0.222 e. The minimum atomic E-state index is 0.279. The number of hydrogen-bond donors (Lipinski definition) is 0. The Morgan fingerprint density at radius 2 is 1.74 bits per heavy atom. The van der Waals surface area contributed by atoms with Crippen LogP contribution in [-0.2, 0) is 17.8 Å². The van der Waals surface area contributed by atoms with Crippen LogP contribution >= 0.6 is 0 Å². The van der Waals surface area contributed by atoms with Crippen LogP contribution in [0.25, 0.3) is 0 Å². The molecule has 0 aliphatic carbocycles. The average Bonchev–Trinajstić information content (AvgIpc) is 2.45. The number of carbonyl (C=O) groups excluding carboxylic acids is 1. The van der Waals surface area contributed by atoms with Crippen LogP contribution < -0.4 is 0 Å². The van der Waals surface area contributed by atoms with E-state index in [2.05, 4.69) is 45.0 Å². The fourth-order valence-electron chi connectivity index (χ4n) is 2.45. The van der Waals surface area contributed by atoms with E-state index in [1.54, 1.807) is 0 Å². The van der Waals surface area contributed by atoms with Crippen molar-refractivity contribution in [2.45, 2.75) is 66.0 Å². The van der Waals surface area contributed by atoms with Gasteiger partial charge < -0.3 is 4.90 Å². The monoisotopic (exact) mass is 261 g/mol. The van der Waals surface area contributed by atoms with Crippen LogP contribution in [0.5, 0.6) is 0 Å². The van der Waals surface area contributed by atoms with Crippen LogP contribution in [-0.4, -0.2) is 16.8 Å². The number of fused-ring (bicyclic) bond motifs is 1. The summed E-state index contributed by atoms with van der Waals surface area (Å²) in [5, 5.41) is 0. The van der Waals surface area contributed by atoms with Crippen molar-refractivity contribution in [2.24, 2.45) is 0 Å². The Bertz CT molecular complexity index is 400. The molecule has 0 N–H and O–H groups in total. The Balaban J connectivity index is 0.000000550. The van der Waals surface area contributed by atoms with E-state index in [1.807, 2.05) is 11.8 Å². The molecule has 0 spiro atoms. The fourth-order valence-corrected chi connectivity index (χ4v) is 2.45. The van der Waals surface area contributed by atoms with Gasteiger partial charge in [0.05, 0.1) is 0 Å². The van der Waals surface area contributed by atoms with E-state index in [1.165, 1.54) is 17.5 Å². The van der Waals surface area contributed by atoms with Crippen molar-refractivity contribution in [3.8, 4) is 0 Å². The second kappa shape index (κ2) is 7.98. The summed E-state index contributed by atoms with van der Waals surface area (Å²) in [6.07, 6.45) is 3.91. The molecule has 1 aromatic rings. The zero-order valence-electron chi connectivity index (χ0n) is 12.8. The van der Waals surface area contributed by atoms with E-state index in [0.717, 1.165) is 19.4 Å². The number of hydrogen-bond acceptors (Lipinski definition) is 1. The Morgan fingerprint density at radius 1 is 1.16 bits per heavy atom. The highest BCUT2D eigenvalue weighted by Crippen LogP contribution is 2.25. The molecule has 1 aliphatic rings. The van der Waals surface area contributed by atoms with Gasteiger partial charge in [-0.15, -0.1) is 0 Å². The molecule has 2 rings (SSSR count). The van der Waals surface area contributed by atoms with Gasteiger partial charge in [-0.25, -0.2) is 0 Å². The molecule has 1 unspecified atom stereocenters. The molecule has 2 nitrogen and oxygen atoms in total. The van der Waals surface area contributed by atoms with E-state index in [-0.39, 0.29) is 5.91 Å². The third-order valence-electron chi connectivity index (χ3n) is 3.45. The largest absolute Gasteiger partial charge is 0.335 e. The van der Waals surface area contributed by atoms with Crippen LogP contribution in [0.2, 0.25) is 0 Å². The topological polar surface area (TPSA) is 20.3 Å². The number of benzene rings is 1. The number of nitrogens with zero attached hydrogens (tertiary/aromatic N) is 1. The molecule has 1 atom stereocenters. The summed E-state index contributed by atoms with van der Waals surface area (Å²) in [6.45, 7) is 9.14. The third-order valence-corrected chi connectivity index (χ3v) is 3.45. The number of carbonyl (C=O) groups is 1. The molecule has 1 amide bonds. The van der Waals surface area contributed by atoms with E-state index in [4.69, 9.17) is 0 Å². The second-order valence-corrected chi connectivity index (χ2v) is 5.12. The predicted octanol–water partition coefficient (Wildman–Crippen LogP) is 4.18. The first-order valence-corrected chi connectivity index (χ1v) is 7.54. The van der Waals surface area contributed by atoms with E-state index in [0.29, 0.717) is 12.5 Å². The van der Waals surface area contributed by atoms with Crippen LogP contribution in [0.15, 0.2) is 24.3 Å². The minimum Gasteiger partial charge on any atom is -0.335 e. The zero-order chi connectivity index (χ0) is 14.3. The third kappa shape index (κ3) is 4.09. The molecule has 0 radical (unpaired) electrons. The van der Waals surface area contributed by atoms with E-state index in [9.17, 15) is 4.79 Å². The van der Waals surface area contributed by atoms with E-state index >= 15 is 0 Å². The summed E-state index contributed by atoms with van der Waals surface area (Å²) in [5.74, 6) is 0.279. The lowest BCUT2D eigenvalue weighted by Crippen LogP contribution is -2.43. The molecule has 0 saturated carbocycles. The Morgan fingerprint density at radius 3 is 2.26 bits per heavy atom. The van der Waals surface area contributed by atoms with Crippen LogP contribution in [0, 0.1) is 0 Å². The van der Waals surface area contributed by atoms with Crippen LogP contribution in [0.4, 0.5) is 0 Å². The molecule has 1 aliphatic heterocycles. The standard InChI is InChI=1S/C14H19NO.C3H8/c1-3-13-9-11-7-5-6-8-12(11)10-15(13)14(16)4-2;1-3-2/h5-8,13H,3-4,9-10H2,1-2H3;3H2,1-2H3. The van der Waals surface area contributed by atoms with Crippen LogP contribution in [0.1, 0.15) is 58.1 Å². The normalized spacial score (nSPS) is 17.3. The lowest BCUT2D eigenvalue weighted by molar-refractivity contribution is -0.134. The van der Waals surface area contributed by atoms with Gasteiger partial charge in [0.25, 0.3) is 0 Å². The molecule has 0 aromatic heterocycles. The minimum absolute atomic E-state index is 0.279. The number of rotatable bonds is 2. The predicted molar refractivity (Wildman–Crippen MR) is 81.0 cm³/mol. The highest BCUT2D eigenvalue weighted by Gasteiger charge is 2.27. The van der Waals surface area contributed by atoms with Crippen molar-refractivity contribution in [3.63, 3.8) is 0 Å². The first kappa shape index (κ1) is 15.7. The van der Waals surface area contributed by atoms with Gasteiger partial charge in [-0.1, -0.05) is 58.4 Å². The lowest BCUT2D eigenvalue weighted by atomic mass is 9.92. The molecule has 0 saturated heterocycles. The van der Waals surface area contributed by atoms with Crippen molar-refractivity contribution in [1.29, 1.82) is 0 Å². The highest BCUT2D eigenvalue weighted by molar-refractivity contribution is 5.76. The maximum absolute atomic E-state index is 11.9. The summed E-state index contributed by atoms with van der Waals surface area (Å²) in [7, 11) is 0. The van der Waals surface area contributed by atoms with Gasteiger partial charge in [0.2, 0.25) is 5.91 Å². The first-order chi connectivity index (χ1) is 9.17.